The van der Waals surface area contributed by atoms with Crippen LogP contribution in [0.1, 0.15) is 24.1 Å². The van der Waals surface area contributed by atoms with Gasteiger partial charge in [0.05, 0.1) is 11.8 Å². The van der Waals surface area contributed by atoms with Gasteiger partial charge in [-0.15, -0.1) is 0 Å². The Hall–Kier alpha value is -3.47. The molecular weight excluding hydrogens is 398 g/mol. The Morgan fingerprint density at radius 3 is 2.38 bits per heavy atom. The second kappa shape index (κ2) is 9.77. The van der Waals surface area contributed by atoms with Crippen molar-refractivity contribution < 1.29 is 9.59 Å². The van der Waals surface area contributed by atoms with E-state index in [9.17, 15) is 9.59 Å². The number of hydrogen-bond donors (Lipinski definition) is 1. The van der Waals surface area contributed by atoms with Crippen molar-refractivity contribution in [2.45, 2.75) is 25.7 Å². The molecule has 2 aromatic carbocycles. The van der Waals surface area contributed by atoms with Gasteiger partial charge in [0.1, 0.15) is 0 Å². The summed E-state index contributed by atoms with van der Waals surface area (Å²) in [6.45, 7) is 1.11. The van der Waals surface area contributed by atoms with Crippen molar-refractivity contribution >= 4 is 11.8 Å². The summed E-state index contributed by atoms with van der Waals surface area (Å²) in [5.41, 5.74) is 3.56. The van der Waals surface area contributed by atoms with E-state index in [2.05, 4.69) is 46.7 Å². The Labute approximate surface area is 189 Å². The number of piperidine rings is 1. The maximum Gasteiger partial charge on any atom is 0.228 e. The number of likely N-dealkylation sites (tertiary alicyclic amines) is 1. The molecule has 3 aromatic rings. The zero-order valence-corrected chi connectivity index (χ0v) is 18.5. The molecule has 0 radical (unpaired) electrons. The van der Waals surface area contributed by atoms with Gasteiger partial charge in [-0.05, 0) is 48.1 Å². The molecular formula is C27H29N3O2. The van der Waals surface area contributed by atoms with E-state index in [0.29, 0.717) is 19.5 Å². The van der Waals surface area contributed by atoms with Crippen LogP contribution in [0.15, 0.2) is 79.0 Å². The molecule has 32 heavy (non-hydrogen) atoms. The lowest BCUT2D eigenvalue weighted by atomic mass is 9.74. The average Bonchev–Trinajstić information content (AvgIpc) is 2.85. The third-order valence-corrected chi connectivity index (χ3v) is 6.30. The van der Waals surface area contributed by atoms with Crippen LogP contribution in [0.25, 0.3) is 11.1 Å². The fraction of sp³-hybridized carbons (Fsp3) is 0.296. The third kappa shape index (κ3) is 4.88. The average molecular weight is 428 g/mol. The molecule has 164 valence electrons. The first-order chi connectivity index (χ1) is 15.6. The van der Waals surface area contributed by atoms with Gasteiger partial charge in [0.25, 0.3) is 0 Å². The van der Waals surface area contributed by atoms with Crippen LogP contribution < -0.4 is 5.32 Å². The standard InChI is InChI=1S/C27H29N3O2/c1-28-26(32)27(19-21-11-13-23(14-12-21)22-8-3-2-4-9-22)15-7-17-30(20-27)25(31)18-24-10-5-6-16-29-24/h2-6,8-14,16H,7,15,17-20H2,1H3,(H,28,32)/t27-/m0/s1. The maximum atomic E-state index is 13.0. The van der Waals surface area contributed by atoms with Gasteiger partial charge in [-0.25, -0.2) is 0 Å². The summed E-state index contributed by atoms with van der Waals surface area (Å²) in [5, 5.41) is 2.85. The number of amides is 2. The van der Waals surface area contributed by atoms with Crippen LogP contribution in [0, 0.1) is 5.41 Å². The summed E-state index contributed by atoms with van der Waals surface area (Å²) in [4.78, 5) is 32.1. The normalized spacial score (nSPS) is 18.2. The Morgan fingerprint density at radius 2 is 1.69 bits per heavy atom. The first-order valence-corrected chi connectivity index (χ1v) is 11.1. The van der Waals surface area contributed by atoms with Crippen LogP contribution in [0.5, 0.6) is 0 Å². The summed E-state index contributed by atoms with van der Waals surface area (Å²) in [7, 11) is 1.68. The van der Waals surface area contributed by atoms with Crippen molar-refractivity contribution in [1.29, 1.82) is 0 Å². The van der Waals surface area contributed by atoms with Gasteiger partial charge in [0.2, 0.25) is 11.8 Å². The summed E-state index contributed by atoms with van der Waals surface area (Å²) in [5.74, 6) is 0.0241. The minimum absolute atomic E-state index is 0.0000259. The number of hydrogen-bond acceptors (Lipinski definition) is 3. The van der Waals surface area contributed by atoms with Crippen molar-refractivity contribution in [1.82, 2.24) is 15.2 Å². The van der Waals surface area contributed by atoms with Gasteiger partial charge >= 0.3 is 0 Å². The molecule has 1 aliphatic heterocycles. The largest absolute Gasteiger partial charge is 0.359 e. The molecule has 0 saturated carbocycles. The van der Waals surface area contributed by atoms with Crippen molar-refractivity contribution in [2.24, 2.45) is 5.41 Å². The Bertz CT molecular complexity index is 1050. The molecule has 1 saturated heterocycles. The second-order valence-corrected chi connectivity index (χ2v) is 8.52. The summed E-state index contributed by atoms with van der Waals surface area (Å²) in [6.07, 6.45) is 4.14. The number of pyridine rings is 1. The second-order valence-electron chi connectivity index (χ2n) is 8.52. The molecule has 1 aliphatic rings. The van der Waals surface area contributed by atoms with Gasteiger partial charge in [-0.3, -0.25) is 14.6 Å². The highest BCUT2D eigenvalue weighted by Gasteiger charge is 2.43. The minimum Gasteiger partial charge on any atom is -0.359 e. The topological polar surface area (TPSA) is 62.3 Å². The first-order valence-electron chi connectivity index (χ1n) is 11.1. The number of benzene rings is 2. The molecule has 5 nitrogen and oxygen atoms in total. The molecule has 0 unspecified atom stereocenters. The number of aromatic nitrogens is 1. The Balaban J connectivity index is 1.51. The minimum atomic E-state index is -0.624. The van der Waals surface area contributed by atoms with Crippen molar-refractivity contribution in [3.8, 4) is 11.1 Å². The van der Waals surface area contributed by atoms with Crippen LogP contribution in [-0.2, 0) is 22.4 Å². The highest BCUT2D eigenvalue weighted by Crippen LogP contribution is 2.35. The Morgan fingerprint density at radius 1 is 0.969 bits per heavy atom. The van der Waals surface area contributed by atoms with Gasteiger partial charge in [-0.2, -0.15) is 0 Å². The third-order valence-electron chi connectivity index (χ3n) is 6.30. The predicted molar refractivity (Wildman–Crippen MR) is 126 cm³/mol. The predicted octanol–water partition coefficient (Wildman–Crippen LogP) is 3.89. The van der Waals surface area contributed by atoms with E-state index < -0.39 is 5.41 Å². The van der Waals surface area contributed by atoms with Gasteiger partial charge in [0.15, 0.2) is 0 Å². The monoisotopic (exact) mass is 427 g/mol. The van der Waals surface area contributed by atoms with Crippen LogP contribution in [0.2, 0.25) is 0 Å². The van der Waals surface area contributed by atoms with E-state index in [0.717, 1.165) is 29.7 Å². The molecule has 4 rings (SSSR count). The highest BCUT2D eigenvalue weighted by atomic mass is 16.2. The van der Waals surface area contributed by atoms with E-state index in [1.165, 1.54) is 5.56 Å². The van der Waals surface area contributed by atoms with Crippen LogP contribution in [0.4, 0.5) is 0 Å². The number of nitrogens with zero attached hydrogens (tertiary/aromatic N) is 2. The summed E-state index contributed by atoms with van der Waals surface area (Å²) >= 11 is 0. The quantitative estimate of drug-likeness (QED) is 0.649. The van der Waals surface area contributed by atoms with E-state index in [4.69, 9.17) is 0 Å². The lowest BCUT2D eigenvalue weighted by Gasteiger charge is -2.41. The fourth-order valence-corrected chi connectivity index (χ4v) is 4.63. The van der Waals surface area contributed by atoms with Crippen LogP contribution >= 0.6 is 0 Å². The Kier molecular flexibility index (Phi) is 6.64. The molecule has 2 amide bonds. The summed E-state index contributed by atoms with van der Waals surface area (Å²) < 4.78 is 0. The molecule has 0 spiro atoms. The number of nitrogens with one attached hydrogen (secondary N) is 1. The SMILES string of the molecule is CNC(=O)[C@]1(Cc2ccc(-c3ccccc3)cc2)CCCN(C(=O)Cc2ccccn2)C1. The van der Waals surface area contributed by atoms with Crippen molar-refractivity contribution in [2.75, 3.05) is 20.1 Å². The number of carbonyl (C=O) groups is 2. The molecule has 2 heterocycles. The molecule has 1 fully saturated rings. The van der Waals surface area contributed by atoms with Crippen LogP contribution in [0.3, 0.4) is 0 Å². The fourth-order valence-electron chi connectivity index (χ4n) is 4.63. The smallest absolute Gasteiger partial charge is 0.228 e. The lowest BCUT2D eigenvalue weighted by molar-refractivity contribution is -0.141. The van der Waals surface area contributed by atoms with Crippen molar-refractivity contribution in [3.63, 3.8) is 0 Å². The van der Waals surface area contributed by atoms with E-state index in [-0.39, 0.29) is 18.2 Å². The highest BCUT2D eigenvalue weighted by molar-refractivity contribution is 5.85. The molecule has 0 aliphatic carbocycles. The van der Waals surface area contributed by atoms with Gasteiger partial charge in [-0.1, -0.05) is 60.7 Å². The first kappa shape index (κ1) is 21.8. The van der Waals surface area contributed by atoms with E-state index >= 15 is 0 Å². The molecule has 0 bridgehead atoms. The van der Waals surface area contributed by atoms with Crippen molar-refractivity contribution in [3.05, 3.63) is 90.3 Å². The van der Waals surface area contributed by atoms with Gasteiger partial charge in [0, 0.05) is 32.0 Å². The van der Waals surface area contributed by atoms with Crippen LogP contribution in [-0.4, -0.2) is 41.8 Å². The molecule has 1 atom stereocenters. The molecule has 1 aromatic heterocycles. The zero-order valence-electron chi connectivity index (χ0n) is 18.5. The lowest BCUT2D eigenvalue weighted by Crippen LogP contribution is -2.54. The number of carbonyl (C=O) groups excluding carboxylic acids is 2. The number of rotatable bonds is 6. The summed E-state index contributed by atoms with van der Waals surface area (Å²) in [6, 6.07) is 24.3. The molecule has 5 heteroatoms. The van der Waals surface area contributed by atoms with E-state index in [1.807, 2.05) is 41.3 Å². The van der Waals surface area contributed by atoms with E-state index in [1.54, 1.807) is 13.2 Å². The molecule has 1 N–H and O–H groups in total. The zero-order chi connectivity index (χ0) is 22.4. The van der Waals surface area contributed by atoms with Gasteiger partial charge < -0.3 is 10.2 Å². The maximum absolute atomic E-state index is 13.0.